The minimum Gasteiger partial charge on any atom is -0.457 e. The quantitative estimate of drug-likeness (QED) is 0.622. The summed E-state index contributed by atoms with van der Waals surface area (Å²) in [7, 11) is 1.59. The number of carbonyl (C=O) groups is 2. The van der Waals surface area contributed by atoms with Crippen molar-refractivity contribution in [1.29, 1.82) is 0 Å². The van der Waals surface area contributed by atoms with Gasteiger partial charge in [0.2, 0.25) is 0 Å². The number of carbonyl (C=O) groups excluding carboxylic acids is 2. The van der Waals surface area contributed by atoms with Gasteiger partial charge in [-0.2, -0.15) is 0 Å². The van der Waals surface area contributed by atoms with Crippen LogP contribution in [-0.4, -0.2) is 39.9 Å². The van der Waals surface area contributed by atoms with Crippen LogP contribution in [0.15, 0.2) is 67.3 Å². The minimum absolute atomic E-state index is 0.370. The first-order valence-corrected chi connectivity index (χ1v) is 9.07. The van der Waals surface area contributed by atoms with Gasteiger partial charge in [-0.3, -0.25) is 9.59 Å². The second-order valence-corrected chi connectivity index (χ2v) is 6.42. The summed E-state index contributed by atoms with van der Waals surface area (Å²) in [5.41, 5.74) is 0.460. The second-order valence-electron chi connectivity index (χ2n) is 6.42. The van der Waals surface area contributed by atoms with Crippen LogP contribution in [0.25, 0.3) is 0 Å². The zero-order chi connectivity index (χ0) is 20.6. The molecule has 0 unspecified atom stereocenters. The summed E-state index contributed by atoms with van der Waals surface area (Å²) in [5, 5.41) is 2.57. The number of aryl methyl sites for hydroxylation is 1. The molecule has 1 N–H and O–H groups in total. The predicted octanol–water partition coefficient (Wildman–Crippen LogP) is 3.30. The molecule has 29 heavy (non-hydrogen) atoms. The van der Waals surface area contributed by atoms with Crippen LogP contribution in [0.5, 0.6) is 11.5 Å². The summed E-state index contributed by atoms with van der Waals surface area (Å²) in [6.07, 6.45) is 5.95. The average molecular weight is 396 g/mol. The van der Waals surface area contributed by atoms with Crippen molar-refractivity contribution in [2.45, 2.75) is 13.0 Å². The number of amides is 2. The van der Waals surface area contributed by atoms with Crippen LogP contribution in [0.1, 0.15) is 6.42 Å². The Balaban J connectivity index is 1.48. The first-order chi connectivity index (χ1) is 14.0. The van der Waals surface area contributed by atoms with Gasteiger partial charge in [-0.25, -0.2) is 9.37 Å². The number of nitrogens with one attached hydrogen (secondary N) is 1. The summed E-state index contributed by atoms with van der Waals surface area (Å²) in [4.78, 5) is 29.7. The average Bonchev–Trinajstić information content (AvgIpc) is 3.22. The van der Waals surface area contributed by atoms with Crippen LogP contribution in [-0.2, 0) is 16.1 Å². The highest BCUT2D eigenvalue weighted by atomic mass is 19.1. The number of halogens is 1. The van der Waals surface area contributed by atoms with Crippen LogP contribution in [0.2, 0.25) is 0 Å². The lowest BCUT2D eigenvalue weighted by molar-refractivity contribution is -0.142. The Morgan fingerprint density at radius 3 is 2.66 bits per heavy atom. The van der Waals surface area contributed by atoms with Crippen molar-refractivity contribution >= 4 is 17.5 Å². The highest BCUT2D eigenvalue weighted by Crippen LogP contribution is 2.23. The zero-order valence-corrected chi connectivity index (χ0v) is 15.9. The molecule has 3 rings (SSSR count). The molecule has 2 amide bonds. The Bertz CT molecular complexity index is 958. The molecule has 150 valence electrons. The van der Waals surface area contributed by atoms with Gasteiger partial charge < -0.3 is 19.5 Å². The summed E-state index contributed by atoms with van der Waals surface area (Å²) >= 11 is 0. The minimum atomic E-state index is -0.714. The standard InChI is InChI=1S/C21H21FN4O3/c1-25(11-3-12-26-13-10-23-15-26)21(28)20(27)24-17-6-8-18(9-7-17)29-19-5-2-4-16(22)14-19/h2,4-10,13-15H,3,11-12H2,1H3,(H,24,27). The molecule has 1 heterocycles. The molecule has 0 aliphatic carbocycles. The van der Waals surface area contributed by atoms with E-state index in [2.05, 4.69) is 10.3 Å². The van der Waals surface area contributed by atoms with E-state index in [1.807, 2.05) is 10.8 Å². The van der Waals surface area contributed by atoms with Gasteiger partial charge in [-0.05, 0) is 42.8 Å². The summed E-state index contributed by atoms with van der Waals surface area (Å²) in [5.74, 6) is -0.866. The lowest BCUT2D eigenvalue weighted by atomic mass is 10.3. The number of imidazole rings is 1. The van der Waals surface area contributed by atoms with Crippen molar-refractivity contribution in [3.05, 3.63) is 73.1 Å². The maximum Gasteiger partial charge on any atom is 0.313 e. The molecule has 8 heteroatoms. The summed E-state index contributed by atoms with van der Waals surface area (Å²) < 4.78 is 20.7. The smallest absolute Gasteiger partial charge is 0.313 e. The molecular weight excluding hydrogens is 375 g/mol. The van der Waals surface area contributed by atoms with E-state index in [0.717, 1.165) is 0 Å². The van der Waals surface area contributed by atoms with Gasteiger partial charge in [0.15, 0.2) is 0 Å². The van der Waals surface area contributed by atoms with Gasteiger partial charge in [0.1, 0.15) is 17.3 Å². The summed E-state index contributed by atoms with van der Waals surface area (Å²) in [6.45, 7) is 1.16. The van der Waals surface area contributed by atoms with E-state index in [0.29, 0.717) is 36.7 Å². The largest absolute Gasteiger partial charge is 0.457 e. The van der Waals surface area contributed by atoms with Crippen molar-refractivity contribution in [2.75, 3.05) is 18.9 Å². The lowest BCUT2D eigenvalue weighted by Gasteiger charge is -2.16. The topological polar surface area (TPSA) is 76.5 Å². The predicted molar refractivity (Wildman–Crippen MR) is 106 cm³/mol. The number of nitrogens with zero attached hydrogens (tertiary/aromatic N) is 3. The van der Waals surface area contributed by atoms with Crippen LogP contribution in [0.3, 0.4) is 0 Å². The third kappa shape index (κ3) is 5.90. The number of ether oxygens (including phenoxy) is 1. The van der Waals surface area contributed by atoms with E-state index < -0.39 is 11.8 Å². The first-order valence-electron chi connectivity index (χ1n) is 9.07. The van der Waals surface area contributed by atoms with E-state index in [-0.39, 0.29) is 5.82 Å². The number of aromatic nitrogens is 2. The van der Waals surface area contributed by atoms with Crippen molar-refractivity contribution in [2.24, 2.45) is 0 Å². The highest BCUT2D eigenvalue weighted by molar-refractivity contribution is 6.39. The Kier molecular flexibility index (Phi) is 6.57. The van der Waals surface area contributed by atoms with Crippen molar-refractivity contribution in [3.8, 4) is 11.5 Å². The number of rotatable bonds is 7. The number of hydrogen-bond acceptors (Lipinski definition) is 4. The fourth-order valence-corrected chi connectivity index (χ4v) is 2.64. The van der Waals surface area contributed by atoms with Gasteiger partial charge in [0.05, 0.1) is 6.33 Å². The second kappa shape index (κ2) is 9.50. The molecule has 0 saturated carbocycles. The Morgan fingerprint density at radius 2 is 1.97 bits per heavy atom. The summed E-state index contributed by atoms with van der Waals surface area (Å²) in [6, 6.07) is 12.3. The molecule has 0 saturated heterocycles. The van der Waals surface area contributed by atoms with Crippen molar-refractivity contribution in [3.63, 3.8) is 0 Å². The number of likely N-dealkylation sites (N-methyl/N-ethyl adjacent to an activating group) is 1. The van der Waals surface area contributed by atoms with Gasteiger partial charge in [-0.1, -0.05) is 6.07 Å². The first kappa shape index (κ1) is 20.1. The van der Waals surface area contributed by atoms with Crippen LogP contribution < -0.4 is 10.1 Å². The Hall–Kier alpha value is -3.68. The molecule has 0 atom stereocenters. The molecule has 0 aliphatic heterocycles. The number of anilines is 1. The van der Waals surface area contributed by atoms with E-state index in [4.69, 9.17) is 4.74 Å². The monoisotopic (exact) mass is 396 g/mol. The lowest BCUT2D eigenvalue weighted by Crippen LogP contribution is -2.37. The molecular formula is C21H21FN4O3. The molecule has 0 bridgehead atoms. The van der Waals surface area contributed by atoms with E-state index in [1.165, 1.54) is 17.0 Å². The number of benzene rings is 2. The molecule has 7 nitrogen and oxygen atoms in total. The van der Waals surface area contributed by atoms with Gasteiger partial charge in [0, 0.05) is 44.3 Å². The molecule has 3 aromatic rings. The van der Waals surface area contributed by atoms with E-state index in [9.17, 15) is 14.0 Å². The third-order valence-corrected chi connectivity index (χ3v) is 4.15. The van der Waals surface area contributed by atoms with Crippen LogP contribution in [0.4, 0.5) is 10.1 Å². The number of hydrogen-bond donors (Lipinski definition) is 1. The maximum atomic E-state index is 13.2. The normalized spacial score (nSPS) is 10.4. The fraction of sp³-hybridized carbons (Fsp3) is 0.190. The van der Waals surface area contributed by atoms with Crippen molar-refractivity contribution in [1.82, 2.24) is 14.5 Å². The van der Waals surface area contributed by atoms with E-state index in [1.54, 1.807) is 56.0 Å². The zero-order valence-electron chi connectivity index (χ0n) is 15.9. The van der Waals surface area contributed by atoms with E-state index >= 15 is 0 Å². The van der Waals surface area contributed by atoms with Gasteiger partial charge in [0.25, 0.3) is 0 Å². The van der Waals surface area contributed by atoms with Crippen LogP contribution >= 0.6 is 0 Å². The van der Waals surface area contributed by atoms with Crippen LogP contribution in [0, 0.1) is 5.82 Å². The van der Waals surface area contributed by atoms with Gasteiger partial charge in [-0.15, -0.1) is 0 Å². The molecule has 1 aromatic heterocycles. The Morgan fingerprint density at radius 1 is 1.17 bits per heavy atom. The highest BCUT2D eigenvalue weighted by Gasteiger charge is 2.18. The molecule has 0 fully saturated rings. The fourth-order valence-electron chi connectivity index (χ4n) is 2.64. The SMILES string of the molecule is CN(CCCn1ccnc1)C(=O)C(=O)Nc1ccc(Oc2cccc(F)c2)cc1. The molecule has 0 radical (unpaired) electrons. The molecule has 0 aliphatic rings. The van der Waals surface area contributed by atoms with Crippen molar-refractivity contribution < 1.29 is 18.7 Å². The third-order valence-electron chi connectivity index (χ3n) is 4.15. The molecule has 2 aromatic carbocycles. The molecule has 0 spiro atoms. The Labute approximate surface area is 167 Å². The maximum absolute atomic E-state index is 13.2. The van der Waals surface area contributed by atoms with Gasteiger partial charge >= 0.3 is 11.8 Å².